The fourth-order valence-electron chi connectivity index (χ4n) is 3.38. The molecule has 2 fully saturated rings. The van der Waals surface area contributed by atoms with Gasteiger partial charge in [-0.2, -0.15) is 0 Å². The molecule has 0 saturated carbocycles. The second-order valence-corrected chi connectivity index (χ2v) is 6.35. The zero-order valence-corrected chi connectivity index (χ0v) is 12.5. The Bertz CT molecular complexity index is 316. The van der Waals surface area contributed by atoms with E-state index in [1.807, 2.05) is 20.8 Å². The highest BCUT2D eigenvalue weighted by atomic mass is 16.5. The number of likely N-dealkylation sites (N-methyl/N-ethyl adjacent to an activating group) is 1. The summed E-state index contributed by atoms with van der Waals surface area (Å²) in [5.74, 6) is 0.462. The molecule has 1 N–H and O–H groups in total. The minimum Gasteiger partial charge on any atom is -0.381 e. The Morgan fingerprint density at radius 3 is 2.63 bits per heavy atom. The van der Waals surface area contributed by atoms with E-state index in [-0.39, 0.29) is 11.5 Å². The summed E-state index contributed by atoms with van der Waals surface area (Å²) < 4.78 is 11.4. The molecular weight excluding hydrogens is 242 g/mol. The first kappa shape index (κ1) is 14.9. The van der Waals surface area contributed by atoms with Gasteiger partial charge in [-0.05, 0) is 46.1 Å². The zero-order chi connectivity index (χ0) is 13.9. The lowest BCUT2D eigenvalue weighted by atomic mass is 9.75. The molecule has 2 saturated heterocycles. The van der Waals surface area contributed by atoms with Crippen molar-refractivity contribution in [1.82, 2.24) is 5.32 Å². The largest absolute Gasteiger partial charge is 0.381 e. The van der Waals surface area contributed by atoms with E-state index >= 15 is 0 Å². The van der Waals surface area contributed by atoms with Crippen molar-refractivity contribution >= 4 is 5.78 Å². The van der Waals surface area contributed by atoms with Crippen LogP contribution in [0.15, 0.2) is 0 Å². The van der Waals surface area contributed by atoms with Gasteiger partial charge in [0.1, 0.15) is 0 Å². The third-order valence-corrected chi connectivity index (χ3v) is 4.50. The van der Waals surface area contributed by atoms with Crippen LogP contribution < -0.4 is 5.32 Å². The molecule has 0 bridgehead atoms. The van der Waals surface area contributed by atoms with Gasteiger partial charge in [-0.1, -0.05) is 6.92 Å². The molecule has 1 atom stereocenters. The Kier molecular flexibility index (Phi) is 4.64. The maximum absolute atomic E-state index is 12.7. The van der Waals surface area contributed by atoms with Gasteiger partial charge < -0.3 is 14.8 Å². The molecule has 0 aromatic carbocycles. The van der Waals surface area contributed by atoms with Gasteiger partial charge in [-0.15, -0.1) is 0 Å². The van der Waals surface area contributed by atoms with E-state index in [0.29, 0.717) is 12.4 Å². The third kappa shape index (κ3) is 3.36. The summed E-state index contributed by atoms with van der Waals surface area (Å²) in [7, 11) is 0. The van der Waals surface area contributed by atoms with Crippen molar-refractivity contribution in [1.29, 1.82) is 0 Å². The highest BCUT2D eigenvalue weighted by Crippen LogP contribution is 2.38. The van der Waals surface area contributed by atoms with Gasteiger partial charge in [-0.3, -0.25) is 4.79 Å². The van der Waals surface area contributed by atoms with Gasteiger partial charge in [0.15, 0.2) is 5.78 Å². The number of carbonyl (C=O) groups excluding carboxylic acids is 1. The monoisotopic (exact) mass is 269 g/mol. The molecular formula is C15H27NO3. The van der Waals surface area contributed by atoms with Crippen LogP contribution in [0.4, 0.5) is 0 Å². The Morgan fingerprint density at radius 2 is 2.00 bits per heavy atom. The van der Waals surface area contributed by atoms with Crippen molar-refractivity contribution < 1.29 is 14.3 Å². The Labute approximate surface area is 116 Å². The molecule has 1 unspecified atom stereocenters. The molecule has 0 aromatic heterocycles. The molecule has 2 heterocycles. The van der Waals surface area contributed by atoms with E-state index in [9.17, 15) is 4.79 Å². The summed E-state index contributed by atoms with van der Waals surface area (Å²) in [5, 5.41) is 3.30. The van der Waals surface area contributed by atoms with Gasteiger partial charge >= 0.3 is 0 Å². The fourth-order valence-corrected chi connectivity index (χ4v) is 3.38. The maximum Gasteiger partial charge on any atom is 0.155 e. The second kappa shape index (κ2) is 5.90. The number of nitrogens with one attached hydrogen (secondary N) is 1. The average molecular weight is 269 g/mol. The number of rotatable bonds is 4. The number of Topliss-reactive ketones (excluding diaryl/α,β-unsaturated/α-hetero) is 1. The van der Waals surface area contributed by atoms with E-state index in [1.165, 1.54) is 0 Å². The van der Waals surface area contributed by atoms with E-state index in [0.717, 1.165) is 45.4 Å². The van der Waals surface area contributed by atoms with Gasteiger partial charge in [0.25, 0.3) is 0 Å². The molecule has 2 aliphatic rings. The minimum absolute atomic E-state index is 0.0981. The average Bonchev–Trinajstić information content (AvgIpc) is 2.39. The first-order valence-corrected chi connectivity index (χ1v) is 7.50. The summed E-state index contributed by atoms with van der Waals surface area (Å²) in [5.41, 5.74) is -0.526. The summed E-state index contributed by atoms with van der Waals surface area (Å²) >= 11 is 0. The standard InChI is InChI=1S/C15H27NO3/c1-4-16-14(2,3)13(17)12-5-8-19-15(11-12)6-9-18-10-7-15/h12,16H,4-11H2,1-3H3. The van der Waals surface area contributed by atoms with Crippen LogP contribution in [0.3, 0.4) is 0 Å². The molecule has 0 amide bonds. The summed E-state index contributed by atoms with van der Waals surface area (Å²) in [6, 6.07) is 0. The summed E-state index contributed by atoms with van der Waals surface area (Å²) in [4.78, 5) is 12.7. The van der Waals surface area contributed by atoms with Gasteiger partial charge in [-0.25, -0.2) is 0 Å². The van der Waals surface area contributed by atoms with Crippen molar-refractivity contribution in [3.05, 3.63) is 0 Å². The Balaban J connectivity index is 2.02. The van der Waals surface area contributed by atoms with E-state index in [1.54, 1.807) is 0 Å². The molecule has 19 heavy (non-hydrogen) atoms. The SMILES string of the molecule is CCNC(C)(C)C(=O)C1CCOC2(CCOCC2)C1. The lowest BCUT2D eigenvalue weighted by Gasteiger charge is -2.44. The van der Waals surface area contributed by atoms with E-state index < -0.39 is 5.54 Å². The molecule has 2 aliphatic heterocycles. The van der Waals surface area contributed by atoms with Gasteiger partial charge in [0.2, 0.25) is 0 Å². The second-order valence-electron chi connectivity index (χ2n) is 6.35. The topological polar surface area (TPSA) is 47.6 Å². The molecule has 1 spiro atoms. The highest BCUT2D eigenvalue weighted by molar-refractivity contribution is 5.89. The fraction of sp³-hybridized carbons (Fsp3) is 0.933. The number of ether oxygens (including phenoxy) is 2. The van der Waals surface area contributed by atoms with Crippen LogP contribution in [0.1, 0.15) is 46.5 Å². The highest BCUT2D eigenvalue weighted by Gasteiger charge is 2.43. The molecule has 0 aliphatic carbocycles. The van der Waals surface area contributed by atoms with Crippen LogP contribution in [-0.2, 0) is 14.3 Å². The molecule has 4 nitrogen and oxygen atoms in total. The number of hydrogen-bond donors (Lipinski definition) is 1. The zero-order valence-electron chi connectivity index (χ0n) is 12.5. The van der Waals surface area contributed by atoms with Crippen LogP contribution in [-0.4, -0.2) is 43.3 Å². The number of hydrogen-bond acceptors (Lipinski definition) is 4. The molecule has 110 valence electrons. The minimum atomic E-state index is -0.427. The molecule has 0 radical (unpaired) electrons. The quantitative estimate of drug-likeness (QED) is 0.847. The summed E-state index contributed by atoms with van der Waals surface area (Å²) in [6.07, 6.45) is 3.58. The first-order chi connectivity index (χ1) is 8.99. The Morgan fingerprint density at radius 1 is 1.32 bits per heavy atom. The van der Waals surface area contributed by atoms with Crippen molar-refractivity contribution in [2.75, 3.05) is 26.4 Å². The van der Waals surface area contributed by atoms with Crippen LogP contribution in [0.25, 0.3) is 0 Å². The van der Waals surface area contributed by atoms with Crippen molar-refractivity contribution in [3.63, 3.8) is 0 Å². The van der Waals surface area contributed by atoms with E-state index in [2.05, 4.69) is 5.32 Å². The van der Waals surface area contributed by atoms with Crippen LogP contribution in [0.5, 0.6) is 0 Å². The smallest absolute Gasteiger partial charge is 0.155 e. The van der Waals surface area contributed by atoms with Crippen LogP contribution >= 0.6 is 0 Å². The summed E-state index contributed by atoms with van der Waals surface area (Å²) in [6.45, 7) is 9.07. The van der Waals surface area contributed by atoms with Crippen molar-refractivity contribution in [3.8, 4) is 0 Å². The lowest BCUT2D eigenvalue weighted by molar-refractivity contribution is -0.159. The third-order valence-electron chi connectivity index (χ3n) is 4.50. The molecule has 0 aromatic rings. The van der Waals surface area contributed by atoms with Crippen molar-refractivity contribution in [2.45, 2.75) is 57.6 Å². The molecule has 2 rings (SSSR count). The van der Waals surface area contributed by atoms with Crippen LogP contribution in [0, 0.1) is 5.92 Å². The maximum atomic E-state index is 12.7. The number of ketones is 1. The van der Waals surface area contributed by atoms with Gasteiger partial charge in [0.05, 0.1) is 11.1 Å². The Hall–Kier alpha value is -0.450. The number of carbonyl (C=O) groups is 1. The van der Waals surface area contributed by atoms with E-state index in [4.69, 9.17) is 9.47 Å². The normalized spacial score (nSPS) is 27.4. The predicted octanol–water partition coefficient (Wildman–Crippen LogP) is 1.92. The first-order valence-electron chi connectivity index (χ1n) is 7.50. The lowest BCUT2D eigenvalue weighted by Crippen LogP contribution is -2.53. The van der Waals surface area contributed by atoms with Crippen molar-refractivity contribution in [2.24, 2.45) is 5.92 Å². The van der Waals surface area contributed by atoms with Gasteiger partial charge in [0, 0.05) is 25.7 Å². The molecule has 4 heteroatoms. The predicted molar refractivity (Wildman–Crippen MR) is 74.2 cm³/mol. The van der Waals surface area contributed by atoms with Crippen LogP contribution in [0.2, 0.25) is 0 Å².